The SMILES string of the molecule is CN(c1ccc(C#N)c(C(F)(F)F)c1)[C@H]1CC[C@@H](NC(=O)c2ccc(F)cc2)CC1. The molecule has 0 aliphatic heterocycles. The standard InChI is InChI=1S/C22H21F4N3O/c1-29(19-9-4-15(13-27)20(12-19)22(24,25)26)18-10-7-17(8-11-18)28-21(30)14-2-5-16(23)6-3-14/h2-6,9,12,17-18H,7-8,10-11H2,1H3,(H,28,30)/t17-,18+. The molecule has 2 aromatic carbocycles. The number of carbonyl (C=O) groups excluding carboxylic acids is 1. The molecule has 0 saturated heterocycles. The first-order chi connectivity index (χ1) is 14.2. The van der Waals surface area contributed by atoms with Crippen LogP contribution in [0, 0.1) is 17.1 Å². The summed E-state index contributed by atoms with van der Waals surface area (Å²) < 4.78 is 52.7. The van der Waals surface area contributed by atoms with E-state index in [4.69, 9.17) is 5.26 Å². The largest absolute Gasteiger partial charge is 0.417 e. The number of nitrogens with zero attached hydrogens (tertiary/aromatic N) is 2. The van der Waals surface area contributed by atoms with Crippen LogP contribution in [0.5, 0.6) is 0 Å². The number of nitriles is 1. The average molecular weight is 419 g/mol. The topological polar surface area (TPSA) is 56.1 Å². The summed E-state index contributed by atoms with van der Waals surface area (Å²) in [5, 5.41) is 11.9. The molecule has 30 heavy (non-hydrogen) atoms. The molecule has 2 aromatic rings. The van der Waals surface area contributed by atoms with Gasteiger partial charge in [0.15, 0.2) is 0 Å². The first-order valence-electron chi connectivity index (χ1n) is 9.59. The molecule has 1 aliphatic rings. The number of carbonyl (C=O) groups is 1. The Morgan fingerprint density at radius 1 is 1.10 bits per heavy atom. The molecule has 0 atom stereocenters. The van der Waals surface area contributed by atoms with Gasteiger partial charge in [-0.15, -0.1) is 0 Å². The Balaban J connectivity index is 1.61. The van der Waals surface area contributed by atoms with E-state index < -0.39 is 23.1 Å². The van der Waals surface area contributed by atoms with Crippen molar-refractivity contribution >= 4 is 11.6 Å². The van der Waals surface area contributed by atoms with Gasteiger partial charge in [0.25, 0.3) is 5.91 Å². The second-order valence-electron chi connectivity index (χ2n) is 7.44. The number of rotatable bonds is 4. The van der Waals surface area contributed by atoms with Crippen LogP contribution in [-0.4, -0.2) is 25.0 Å². The molecule has 0 radical (unpaired) electrons. The van der Waals surface area contributed by atoms with E-state index in [9.17, 15) is 22.4 Å². The number of anilines is 1. The maximum Gasteiger partial charge on any atom is 0.417 e. The lowest BCUT2D eigenvalue weighted by Gasteiger charge is -2.36. The third kappa shape index (κ3) is 4.90. The van der Waals surface area contributed by atoms with Crippen LogP contribution in [0.4, 0.5) is 23.2 Å². The molecule has 1 aliphatic carbocycles. The Bertz CT molecular complexity index is 942. The van der Waals surface area contributed by atoms with Crippen LogP contribution in [0.3, 0.4) is 0 Å². The van der Waals surface area contributed by atoms with Gasteiger partial charge in [-0.1, -0.05) is 0 Å². The Labute approximate surface area is 172 Å². The van der Waals surface area contributed by atoms with Gasteiger partial charge in [0.05, 0.1) is 17.2 Å². The number of amides is 1. The van der Waals surface area contributed by atoms with Gasteiger partial charge in [0.1, 0.15) is 5.82 Å². The molecule has 1 fully saturated rings. The van der Waals surface area contributed by atoms with Gasteiger partial charge < -0.3 is 10.2 Å². The molecule has 1 saturated carbocycles. The molecule has 0 spiro atoms. The molecule has 4 nitrogen and oxygen atoms in total. The lowest BCUT2D eigenvalue weighted by molar-refractivity contribution is -0.137. The van der Waals surface area contributed by atoms with E-state index in [0.717, 1.165) is 6.07 Å². The van der Waals surface area contributed by atoms with Gasteiger partial charge in [0, 0.05) is 30.4 Å². The van der Waals surface area contributed by atoms with Crippen LogP contribution < -0.4 is 10.2 Å². The van der Waals surface area contributed by atoms with Crippen molar-refractivity contribution in [1.82, 2.24) is 5.32 Å². The maximum absolute atomic E-state index is 13.2. The number of hydrogen-bond donors (Lipinski definition) is 1. The van der Waals surface area contributed by atoms with Crippen LogP contribution >= 0.6 is 0 Å². The van der Waals surface area contributed by atoms with E-state index in [1.807, 2.05) is 0 Å². The third-order valence-corrected chi connectivity index (χ3v) is 5.52. The van der Waals surface area contributed by atoms with Gasteiger partial charge in [-0.3, -0.25) is 4.79 Å². The molecular weight excluding hydrogens is 398 g/mol. The average Bonchev–Trinajstić information content (AvgIpc) is 2.73. The zero-order valence-electron chi connectivity index (χ0n) is 16.3. The van der Waals surface area contributed by atoms with Crippen molar-refractivity contribution in [2.45, 2.75) is 43.9 Å². The molecule has 1 N–H and O–H groups in total. The van der Waals surface area contributed by atoms with Crippen molar-refractivity contribution in [2.24, 2.45) is 0 Å². The van der Waals surface area contributed by atoms with Crippen LogP contribution in [0.1, 0.15) is 47.2 Å². The van der Waals surface area contributed by atoms with Crippen molar-refractivity contribution in [3.8, 4) is 6.07 Å². The van der Waals surface area contributed by atoms with Gasteiger partial charge in [0.2, 0.25) is 0 Å². The third-order valence-electron chi connectivity index (χ3n) is 5.52. The summed E-state index contributed by atoms with van der Waals surface area (Å²) in [6.07, 6.45) is -1.82. The van der Waals surface area contributed by atoms with E-state index in [2.05, 4.69) is 5.32 Å². The van der Waals surface area contributed by atoms with Crippen LogP contribution in [0.25, 0.3) is 0 Å². The molecule has 158 valence electrons. The van der Waals surface area contributed by atoms with Crippen molar-refractivity contribution < 1.29 is 22.4 Å². The van der Waals surface area contributed by atoms with E-state index in [0.29, 0.717) is 36.9 Å². The van der Waals surface area contributed by atoms with Gasteiger partial charge in [-0.05, 0) is 68.1 Å². The molecule has 0 bridgehead atoms. The predicted molar refractivity (Wildman–Crippen MR) is 104 cm³/mol. The van der Waals surface area contributed by atoms with E-state index >= 15 is 0 Å². The molecule has 0 aromatic heterocycles. The van der Waals surface area contributed by atoms with Crippen molar-refractivity contribution in [1.29, 1.82) is 5.26 Å². The fraction of sp³-hybridized carbons (Fsp3) is 0.364. The maximum atomic E-state index is 13.2. The van der Waals surface area contributed by atoms with E-state index in [1.165, 1.54) is 36.4 Å². The molecule has 0 heterocycles. The number of benzene rings is 2. The summed E-state index contributed by atoms with van der Waals surface area (Å²) in [6.45, 7) is 0. The summed E-state index contributed by atoms with van der Waals surface area (Å²) in [7, 11) is 1.74. The Hall–Kier alpha value is -3.08. The molecule has 8 heteroatoms. The van der Waals surface area contributed by atoms with E-state index in [1.54, 1.807) is 18.0 Å². The summed E-state index contributed by atoms with van der Waals surface area (Å²) in [6, 6.07) is 10.6. The lowest BCUT2D eigenvalue weighted by atomic mass is 9.89. The highest BCUT2D eigenvalue weighted by Gasteiger charge is 2.34. The molecule has 1 amide bonds. The van der Waals surface area contributed by atoms with Crippen molar-refractivity contribution in [2.75, 3.05) is 11.9 Å². The zero-order valence-corrected chi connectivity index (χ0v) is 16.3. The quantitative estimate of drug-likeness (QED) is 0.718. The van der Waals surface area contributed by atoms with Crippen LogP contribution in [0.15, 0.2) is 42.5 Å². The van der Waals surface area contributed by atoms with Gasteiger partial charge in [-0.25, -0.2) is 4.39 Å². The Kier molecular flexibility index (Phi) is 6.30. The molecule has 0 unspecified atom stereocenters. The summed E-state index contributed by atoms with van der Waals surface area (Å²) >= 11 is 0. The van der Waals surface area contributed by atoms with Crippen molar-refractivity contribution in [3.63, 3.8) is 0 Å². The Morgan fingerprint density at radius 3 is 2.30 bits per heavy atom. The number of hydrogen-bond acceptors (Lipinski definition) is 3. The zero-order chi connectivity index (χ0) is 21.9. The number of nitrogens with one attached hydrogen (secondary N) is 1. The highest BCUT2D eigenvalue weighted by atomic mass is 19.4. The summed E-state index contributed by atoms with van der Waals surface area (Å²) in [4.78, 5) is 14.1. The second kappa shape index (κ2) is 8.74. The minimum absolute atomic E-state index is 0.0259. The summed E-state index contributed by atoms with van der Waals surface area (Å²) in [5.41, 5.74) is -0.547. The summed E-state index contributed by atoms with van der Waals surface area (Å²) in [5.74, 6) is -0.680. The van der Waals surface area contributed by atoms with Crippen LogP contribution in [0.2, 0.25) is 0 Å². The number of halogens is 4. The predicted octanol–water partition coefficient (Wildman–Crippen LogP) is 4.89. The van der Waals surface area contributed by atoms with Gasteiger partial charge >= 0.3 is 6.18 Å². The Morgan fingerprint density at radius 2 is 1.73 bits per heavy atom. The monoisotopic (exact) mass is 419 g/mol. The first-order valence-corrected chi connectivity index (χ1v) is 9.59. The van der Waals surface area contributed by atoms with Crippen LogP contribution in [-0.2, 0) is 6.18 Å². The normalized spacial score (nSPS) is 19.1. The fourth-order valence-electron chi connectivity index (χ4n) is 3.77. The number of alkyl halides is 3. The first kappa shape index (κ1) is 21.6. The van der Waals surface area contributed by atoms with Gasteiger partial charge in [-0.2, -0.15) is 18.4 Å². The minimum atomic E-state index is -4.59. The molecule has 3 rings (SSSR count). The minimum Gasteiger partial charge on any atom is -0.372 e. The second-order valence-corrected chi connectivity index (χ2v) is 7.44. The highest BCUT2D eigenvalue weighted by molar-refractivity contribution is 5.94. The highest BCUT2D eigenvalue weighted by Crippen LogP contribution is 2.35. The van der Waals surface area contributed by atoms with E-state index in [-0.39, 0.29) is 18.0 Å². The smallest absolute Gasteiger partial charge is 0.372 e. The lowest BCUT2D eigenvalue weighted by Crippen LogP contribution is -2.43. The molecular formula is C22H21F4N3O. The fourth-order valence-corrected chi connectivity index (χ4v) is 3.77. The van der Waals surface area contributed by atoms with Crippen molar-refractivity contribution in [3.05, 3.63) is 65.0 Å².